The molecule has 0 aliphatic carbocycles. The van der Waals surface area contributed by atoms with E-state index >= 15 is 0 Å². The van der Waals surface area contributed by atoms with Gasteiger partial charge in [-0.25, -0.2) is 4.98 Å². The topological polar surface area (TPSA) is 49.6 Å². The number of amides is 1. The van der Waals surface area contributed by atoms with Gasteiger partial charge in [-0.15, -0.1) is 0 Å². The molecule has 0 radical (unpaired) electrons. The Morgan fingerprint density at radius 3 is 2.77 bits per heavy atom. The monoisotopic (exact) mass is 299 g/mol. The first-order chi connectivity index (χ1) is 10.6. The molecule has 1 atom stereocenters. The van der Waals surface area contributed by atoms with Gasteiger partial charge in [0.25, 0.3) is 5.91 Å². The lowest BCUT2D eigenvalue weighted by molar-refractivity contribution is 0.0532. The second-order valence-electron chi connectivity index (χ2n) is 5.92. The van der Waals surface area contributed by atoms with Gasteiger partial charge >= 0.3 is 0 Å². The molecule has 1 amide bonds. The number of nitrogens with zero attached hydrogens (tertiary/aromatic N) is 3. The zero-order valence-electron chi connectivity index (χ0n) is 13.2. The molecule has 22 heavy (non-hydrogen) atoms. The van der Waals surface area contributed by atoms with E-state index in [1.54, 1.807) is 6.26 Å². The van der Waals surface area contributed by atoms with Crippen LogP contribution in [0.2, 0.25) is 0 Å². The highest BCUT2D eigenvalue weighted by molar-refractivity contribution is 5.95. The van der Waals surface area contributed by atoms with Crippen LogP contribution in [0.5, 0.6) is 0 Å². The van der Waals surface area contributed by atoms with Gasteiger partial charge in [0.15, 0.2) is 5.76 Å². The number of pyridine rings is 1. The van der Waals surface area contributed by atoms with Crippen molar-refractivity contribution in [3.63, 3.8) is 0 Å². The van der Waals surface area contributed by atoms with E-state index in [1.165, 1.54) is 0 Å². The van der Waals surface area contributed by atoms with Gasteiger partial charge in [0.05, 0.1) is 17.5 Å². The summed E-state index contributed by atoms with van der Waals surface area (Å²) in [6, 6.07) is 7.62. The van der Waals surface area contributed by atoms with Crippen molar-refractivity contribution in [1.29, 1.82) is 0 Å². The molecule has 116 valence electrons. The first kappa shape index (κ1) is 14.8. The number of likely N-dealkylation sites (N-methyl/N-ethyl adjacent to an activating group) is 1. The lowest BCUT2D eigenvalue weighted by Gasteiger charge is -2.38. The van der Waals surface area contributed by atoms with Crippen LogP contribution in [-0.4, -0.2) is 53.4 Å². The Balaban J connectivity index is 1.84. The van der Waals surface area contributed by atoms with E-state index in [1.807, 2.05) is 36.1 Å². The third-order valence-electron chi connectivity index (χ3n) is 4.18. The van der Waals surface area contributed by atoms with E-state index < -0.39 is 0 Å². The van der Waals surface area contributed by atoms with Crippen LogP contribution in [0.15, 0.2) is 34.9 Å². The van der Waals surface area contributed by atoms with E-state index in [9.17, 15) is 4.79 Å². The maximum atomic E-state index is 12.8. The van der Waals surface area contributed by atoms with Gasteiger partial charge in [0, 0.05) is 25.7 Å². The smallest absolute Gasteiger partial charge is 0.256 e. The molecule has 0 saturated carbocycles. The highest BCUT2D eigenvalue weighted by atomic mass is 16.3. The predicted molar refractivity (Wildman–Crippen MR) is 84.7 cm³/mol. The van der Waals surface area contributed by atoms with Gasteiger partial charge in [0.1, 0.15) is 5.69 Å². The lowest BCUT2D eigenvalue weighted by atomic mass is 10.1. The molecule has 1 fully saturated rings. The van der Waals surface area contributed by atoms with Gasteiger partial charge < -0.3 is 14.2 Å². The predicted octanol–water partition coefficient (Wildman–Crippen LogP) is 2.43. The van der Waals surface area contributed by atoms with Crippen LogP contribution in [0.1, 0.15) is 23.0 Å². The van der Waals surface area contributed by atoms with Crippen LogP contribution in [0.25, 0.3) is 11.5 Å². The van der Waals surface area contributed by atoms with Crippen molar-refractivity contribution in [3.05, 3.63) is 41.8 Å². The summed E-state index contributed by atoms with van der Waals surface area (Å²) in [7, 11) is 2.09. The molecule has 0 spiro atoms. The molecule has 3 heterocycles. The maximum absolute atomic E-state index is 12.8. The average Bonchev–Trinajstić information content (AvgIpc) is 3.00. The Morgan fingerprint density at radius 1 is 1.32 bits per heavy atom. The maximum Gasteiger partial charge on any atom is 0.256 e. The fourth-order valence-electron chi connectivity index (χ4n) is 2.94. The summed E-state index contributed by atoms with van der Waals surface area (Å²) in [6.07, 6.45) is 1.62. The number of carbonyl (C=O) groups excluding carboxylic acids is 1. The summed E-state index contributed by atoms with van der Waals surface area (Å²) in [5.74, 6) is 0.784. The van der Waals surface area contributed by atoms with E-state index in [2.05, 4.69) is 23.9 Å². The number of piperazine rings is 1. The van der Waals surface area contributed by atoms with Gasteiger partial charge in [-0.05, 0) is 45.2 Å². The summed E-state index contributed by atoms with van der Waals surface area (Å²) in [5, 5.41) is 0. The van der Waals surface area contributed by atoms with E-state index in [-0.39, 0.29) is 11.9 Å². The molecule has 1 unspecified atom stereocenters. The Bertz CT molecular complexity index is 667. The standard InChI is InChI=1S/C17H21N3O2/c1-12-11-19(3)8-9-20(12)17(21)14-6-7-15(18-13(14)2)16-5-4-10-22-16/h4-7,10,12H,8-9,11H2,1-3H3. The van der Waals surface area contributed by atoms with Gasteiger partial charge in [-0.3, -0.25) is 4.79 Å². The second kappa shape index (κ2) is 5.93. The summed E-state index contributed by atoms with van der Waals surface area (Å²) in [6.45, 7) is 6.54. The van der Waals surface area contributed by atoms with Crippen molar-refractivity contribution in [2.45, 2.75) is 19.9 Å². The SMILES string of the molecule is Cc1nc(-c2ccco2)ccc1C(=O)N1CCN(C)CC1C. The van der Waals surface area contributed by atoms with Crippen molar-refractivity contribution in [3.8, 4) is 11.5 Å². The van der Waals surface area contributed by atoms with Crippen LogP contribution in [-0.2, 0) is 0 Å². The van der Waals surface area contributed by atoms with Gasteiger partial charge in [0.2, 0.25) is 0 Å². The molecule has 1 aliphatic heterocycles. The number of rotatable bonds is 2. The summed E-state index contributed by atoms with van der Waals surface area (Å²) in [5.41, 5.74) is 2.17. The summed E-state index contributed by atoms with van der Waals surface area (Å²) < 4.78 is 5.36. The number of furan rings is 1. The number of aromatic nitrogens is 1. The highest BCUT2D eigenvalue weighted by Gasteiger charge is 2.27. The molecule has 2 aromatic heterocycles. The Morgan fingerprint density at radius 2 is 2.14 bits per heavy atom. The molecule has 1 saturated heterocycles. The zero-order valence-corrected chi connectivity index (χ0v) is 13.2. The molecule has 2 aromatic rings. The largest absolute Gasteiger partial charge is 0.463 e. The zero-order chi connectivity index (χ0) is 15.7. The number of hydrogen-bond acceptors (Lipinski definition) is 4. The molecule has 1 aliphatic rings. The van der Waals surface area contributed by atoms with Gasteiger partial charge in [-0.2, -0.15) is 0 Å². The minimum absolute atomic E-state index is 0.0663. The summed E-state index contributed by atoms with van der Waals surface area (Å²) >= 11 is 0. The number of aryl methyl sites for hydroxylation is 1. The highest BCUT2D eigenvalue weighted by Crippen LogP contribution is 2.21. The van der Waals surface area contributed by atoms with Crippen molar-refractivity contribution < 1.29 is 9.21 Å². The molecule has 0 bridgehead atoms. The number of carbonyl (C=O) groups is 1. The van der Waals surface area contributed by atoms with Crippen LogP contribution < -0.4 is 0 Å². The molecule has 5 nitrogen and oxygen atoms in total. The van der Waals surface area contributed by atoms with E-state index in [4.69, 9.17) is 4.42 Å². The molecule has 0 aromatic carbocycles. The fraction of sp³-hybridized carbons (Fsp3) is 0.412. The molecule has 0 N–H and O–H groups in total. The van der Waals surface area contributed by atoms with Gasteiger partial charge in [-0.1, -0.05) is 0 Å². The first-order valence-electron chi connectivity index (χ1n) is 7.57. The van der Waals surface area contributed by atoms with Crippen molar-refractivity contribution in [2.24, 2.45) is 0 Å². The Kier molecular flexibility index (Phi) is 3.98. The quantitative estimate of drug-likeness (QED) is 0.854. The normalized spacial score (nSPS) is 19.4. The van der Waals surface area contributed by atoms with E-state index in [0.29, 0.717) is 5.56 Å². The van der Waals surface area contributed by atoms with Crippen LogP contribution in [0.3, 0.4) is 0 Å². The molecule has 5 heteroatoms. The average molecular weight is 299 g/mol. The van der Waals surface area contributed by atoms with Crippen molar-refractivity contribution in [1.82, 2.24) is 14.8 Å². The van der Waals surface area contributed by atoms with Crippen LogP contribution in [0.4, 0.5) is 0 Å². The third-order valence-corrected chi connectivity index (χ3v) is 4.18. The number of hydrogen-bond donors (Lipinski definition) is 0. The van der Waals surface area contributed by atoms with Crippen LogP contribution in [0, 0.1) is 6.92 Å². The lowest BCUT2D eigenvalue weighted by Crippen LogP contribution is -2.52. The Labute approximate surface area is 130 Å². The molecule has 3 rings (SSSR count). The summed E-state index contributed by atoms with van der Waals surface area (Å²) in [4.78, 5) is 21.5. The van der Waals surface area contributed by atoms with Crippen molar-refractivity contribution in [2.75, 3.05) is 26.7 Å². The minimum atomic E-state index is 0.0663. The molecular formula is C17H21N3O2. The van der Waals surface area contributed by atoms with Crippen molar-refractivity contribution >= 4 is 5.91 Å². The fourth-order valence-corrected chi connectivity index (χ4v) is 2.94. The third kappa shape index (κ3) is 2.76. The first-order valence-corrected chi connectivity index (χ1v) is 7.57. The molecular weight excluding hydrogens is 278 g/mol. The Hall–Kier alpha value is -2.14. The van der Waals surface area contributed by atoms with E-state index in [0.717, 1.165) is 36.8 Å². The minimum Gasteiger partial charge on any atom is -0.463 e. The second-order valence-corrected chi connectivity index (χ2v) is 5.92. The van der Waals surface area contributed by atoms with Crippen LogP contribution >= 0.6 is 0 Å².